The molecule has 1 aromatic carbocycles. The van der Waals surface area contributed by atoms with E-state index < -0.39 is 35.9 Å². The molecular weight excluding hydrogens is 325 g/mol. The van der Waals surface area contributed by atoms with E-state index in [-0.39, 0.29) is 11.3 Å². The number of benzene rings is 1. The van der Waals surface area contributed by atoms with E-state index in [0.717, 1.165) is 6.08 Å². The molecular formula is C17H19F3O4. The van der Waals surface area contributed by atoms with E-state index in [1.807, 2.05) is 0 Å². The number of carbonyl (C=O) groups excluding carboxylic acids is 1. The molecule has 2 unspecified atom stereocenters. The van der Waals surface area contributed by atoms with Crippen LogP contribution in [0.5, 0.6) is 0 Å². The quantitative estimate of drug-likeness (QED) is 0.851. The molecule has 0 fully saturated rings. The Bertz CT molecular complexity index is 631. The maximum absolute atomic E-state index is 13.5. The maximum Gasteiger partial charge on any atom is 0.421 e. The molecule has 0 saturated carbocycles. The fourth-order valence-corrected chi connectivity index (χ4v) is 2.24. The SMILES string of the molecule is CC(C)(C)C1OC(=O)C=C(CC(O)(c2ccccc2)C(F)(F)F)O1. The minimum Gasteiger partial charge on any atom is -0.458 e. The van der Waals surface area contributed by atoms with Crippen LogP contribution in [0, 0.1) is 5.41 Å². The minimum atomic E-state index is -4.95. The number of hydrogen-bond donors (Lipinski definition) is 1. The van der Waals surface area contributed by atoms with Crippen molar-refractivity contribution in [3.63, 3.8) is 0 Å². The third-order valence-corrected chi connectivity index (χ3v) is 3.62. The summed E-state index contributed by atoms with van der Waals surface area (Å²) in [6.07, 6.45) is -6.06. The molecule has 24 heavy (non-hydrogen) atoms. The number of esters is 1. The first kappa shape index (κ1) is 18.3. The summed E-state index contributed by atoms with van der Waals surface area (Å²) in [7, 11) is 0. The first-order valence-electron chi connectivity index (χ1n) is 7.36. The summed E-state index contributed by atoms with van der Waals surface area (Å²) in [5, 5.41) is 10.3. The Hall–Kier alpha value is -2.02. The van der Waals surface area contributed by atoms with E-state index in [9.17, 15) is 23.1 Å². The van der Waals surface area contributed by atoms with Crippen LogP contribution in [-0.4, -0.2) is 23.5 Å². The van der Waals surface area contributed by atoms with Gasteiger partial charge >= 0.3 is 12.1 Å². The molecule has 2 atom stereocenters. The van der Waals surface area contributed by atoms with Gasteiger partial charge in [-0.1, -0.05) is 51.1 Å². The predicted octanol–water partition coefficient (Wildman–Crippen LogP) is 3.66. The number of ether oxygens (including phenoxy) is 2. The fraction of sp³-hybridized carbons (Fsp3) is 0.471. The van der Waals surface area contributed by atoms with E-state index in [1.165, 1.54) is 24.3 Å². The average molecular weight is 344 g/mol. The van der Waals surface area contributed by atoms with Gasteiger partial charge in [-0.05, 0) is 5.56 Å². The van der Waals surface area contributed by atoms with E-state index in [2.05, 4.69) is 0 Å². The van der Waals surface area contributed by atoms with Crippen molar-refractivity contribution in [2.24, 2.45) is 5.41 Å². The van der Waals surface area contributed by atoms with Gasteiger partial charge in [-0.25, -0.2) is 4.79 Å². The number of halogens is 3. The van der Waals surface area contributed by atoms with Gasteiger partial charge in [0.15, 0.2) is 5.60 Å². The van der Waals surface area contributed by atoms with Gasteiger partial charge in [0.25, 0.3) is 0 Å². The van der Waals surface area contributed by atoms with Crippen molar-refractivity contribution in [1.82, 2.24) is 0 Å². The standard InChI is InChI=1S/C17H19F3O4/c1-15(2,3)14-23-12(9-13(21)24-14)10-16(22,17(18,19)20)11-7-5-4-6-8-11/h4-9,14,22H,10H2,1-3H3. The monoisotopic (exact) mass is 344 g/mol. The van der Waals surface area contributed by atoms with Gasteiger partial charge in [0.2, 0.25) is 6.29 Å². The molecule has 0 bridgehead atoms. The normalized spacial score (nSPS) is 21.4. The van der Waals surface area contributed by atoms with E-state index in [0.29, 0.717) is 0 Å². The molecule has 1 heterocycles. The lowest BCUT2D eigenvalue weighted by atomic mass is 9.88. The van der Waals surface area contributed by atoms with Gasteiger partial charge < -0.3 is 14.6 Å². The van der Waals surface area contributed by atoms with Gasteiger partial charge in [0, 0.05) is 11.8 Å². The molecule has 1 N–H and O–H groups in total. The molecule has 1 aliphatic rings. The van der Waals surface area contributed by atoms with Crippen LogP contribution in [0.1, 0.15) is 32.8 Å². The van der Waals surface area contributed by atoms with E-state index >= 15 is 0 Å². The Morgan fingerprint density at radius 2 is 1.67 bits per heavy atom. The van der Waals surface area contributed by atoms with Crippen LogP contribution in [-0.2, 0) is 19.9 Å². The Labute approximate surface area is 137 Å². The number of carbonyl (C=O) groups is 1. The zero-order valence-electron chi connectivity index (χ0n) is 13.6. The fourth-order valence-electron chi connectivity index (χ4n) is 2.24. The largest absolute Gasteiger partial charge is 0.458 e. The molecule has 0 amide bonds. The summed E-state index contributed by atoms with van der Waals surface area (Å²) in [4.78, 5) is 11.7. The molecule has 4 nitrogen and oxygen atoms in total. The lowest BCUT2D eigenvalue weighted by Crippen LogP contribution is -2.44. The van der Waals surface area contributed by atoms with Gasteiger partial charge in [-0.2, -0.15) is 13.2 Å². The van der Waals surface area contributed by atoms with Gasteiger partial charge in [0.1, 0.15) is 5.76 Å². The molecule has 1 aliphatic heterocycles. The van der Waals surface area contributed by atoms with Crippen molar-refractivity contribution >= 4 is 5.97 Å². The van der Waals surface area contributed by atoms with Crippen LogP contribution in [0.2, 0.25) is 0 Å². The van der Waals surface area contributed by atoms with Crippen LogP contribution in [0.15, 0.2) is 42.2 Å². The Morgan fingerprint density at radius 1 is 1.08 bits per heavy atom. The second-order valence-electron chi connectivity index (χ2n) is 6.76. The Kier molecular flexibility index (Phi) is 4.68. The summed E-state index contributed by atoms with van der Waals surface area (Å²) >= 11 is 0. The highest BCUT2D eigenvalue weighted by Crippen LogP contribution is 2.44. The summed E-state index contributed by atoms with van der Waals surface area (Å²) in [5.41, 5.74) is -4.12. The average Bonchev–Trinajstić information content (AvgIpc) is 2.45. The molecule has 132 valence electrons. The number of hydrogen-bond acceptors (Lipinski definition) is 4. The van der Waals surface area contributed by atoms with E-state index in [4.69, 9.17) is 9.47 Å². The van der Waals surface area contributed by atoms with Crippen molar-refractivity contribution in [2.45, 2.75) is 45.3 Å². The summed E-state index contributed by atoms with van der Waals surface area (Å²) in [6.45, 7) is 5.17. The van der Waals surface area contributed by atoms with Crippen molar-refractivity contribution in [1.29, 1.82) is 0 Å². The van der Waals surface area contributed by atoms with Crippen LogP contribution < -0.4 is 0 Å². The lowest BCUT2D eigenvalue weighted by molar-refractivity contribution is -0.272. The van der Waals surface area contributed by atoms with Crippen LogP contribution >= 0.6 is 0 Å². The second kappa shape index (κ2) is 6.12. The van der Waals surface area contributed by atoms with Crippen LogP contribution in [0.25, 0.3) is 0 Å². The van der Waals surface area contributed by atoms with Gasteiger partial charge in [0.05, 0.1) is 6.08 Å². The molecule has 0 saturated heterocycles. The number of alkyl halides is 3. The zero-order valence-corrected chi connectivity index (χ0v) is 13.6. The zero-order chi connectivity index (χ0) is 18.2. The van der Waals surface area contributed by atoms with Crippen molar-refractivity contribution in [3.8, 4) is 0 Å². The second-order valence-corrected chi connectivity index (χ2v) is 6.76. The third-order valence-electron chi connectivity index (χ3n) is 3.62. The summed E-state index contributed by atoms with van der Waals surface area (Å²) < 4.78 is 51.0. The topological polar surface area (TPSA) is 55.8 Å². The highest BCUT2D eigenvalue weighted by atomic mass is 19.4. The molecule has 0 aliphatic carbocycles. The molecule has 0 aromatic heterocycles. The van der Waals surface area contributed by atoms with Crippen molar-refractivity contribution in [3.05, 3.63) is 47.7 Å². The number of cyclic esters (lactones) is 1. The molecule has 0 spiro atoms. The first-order chi connectivity index (χ1) is 10.9. The maximum atomic E-state index is 13.5. The highest BCUT2D eigenvalue weighted by Gasteiger charge is 2.56. The van der Waals surface area contributed by atoms with Crippen molar-refractivity contribution < 1.29 is 32.5 Å². The molecule has 2 rings (SSSR count). The molecule has 1 aromatic rings. The molecule has 0 radical (unpaired) electrons. The first-order valence-corrected chi connectivity index (χ1v) is 7.36. The Balaban J connectivity index is 2.36. The predicted molar refractivity (Wildman–Crippen MR) is 79.5 cm³/mol. The minimum absolute atomic E-state index is 0.269. The summed E-state index contributed by atoms with van der Waals surface area (Å²) in [5.74, 6) is -1.07. The van der Waals surface area contributed by atoms with Crippen LogP contribution in [0.4, 0.5) is 13.2 Å². The summed E-state index contributed by atoms with van der Waals surface area (Å²) in [6, 6.07) is 6.69. The molecule has 7 heteroatoms. The smallest absolute Gasteiger partial charge is 0.421 e. The highest BCUT2D eigenvalue weighted by molar-refractivity contribution is 5.83. The number of aliphatic hydroxyl groups is 1. The van der Waals surface area contributed by atoms with Crippen LogP contribution in [0.3, 0.4) is 0 Å². The van der Waals surface area contributed by atoms with Gasteiger partial charge in [-0.15, -0.1) is 0 Å². The number of rotatable bonds is 3. The third kappa shape index (κ3) is 3.72. The van der Waals surface area contributed by atoms with Crippen molar-refractivity contribution in [2.75, 3.05) is 0 Å². The van der Waals surface area contributed by atoms with E-state index in [1.54, 1.807) is 26.8 Å². The van der Waals surface area contributed by atoms with Gasteiger partial charge in [-0.3, -0.25) is 0 Å². The lowest BCUT2D eigenvalue weighted by Gasteiger charge is -2.36. The Morgan fingerprint density at radius 3 is 2.17 bits per heavy atom.